The molecule has 0 bridgehead atoms. The van der Waals surface area contributed by atoms with Crippen molar-refractivity contribution in [3.8, 4) is 0 Å². The van der Waals surface area contributed by atoms with E-state index >= 15 is 0 Å². The van der Waals surface area contributed by atoms with Crippen LogP contribution in [0.4, 0.5) is 0 Å². The second kappa shape index (κ2) is 3.57. The van der Waals surface area contributed by atoms with Crippen molar-refractivity contribution >= 4 is 19.7 Å². The van der Waals surface area contributed by atoms with Gasteiger partial charge in [0.1, 0.15) is 0 Å². The SMILES string of the molecule is C=CS(=O)(=O)CS(=O)(=O)C(C)C. The van der Waals surface area contributed by atoms with Crippen LogP contribution in [0.2, 0.25) is 0 Å². The Morgan fingerprint density at radius 2 is 1.67 bits per heavy atom. The molecule has 0 amide bonds. The third-order valence-electron chi connectivity index (χ3n) is 1.30. The van der Waals surface area contributed by atoms with Gasteiger partial charge in [-0.25, -0.2) is 16.8 Å². The zero-order valence-electron chi connectivity index (χ0n) is 7.02. The van der Waals surface area contributed by atoms with E-state index < -0.39 is 30.0 Å². The molecule has 0 aromatic carbocycles. The van der Waals surface area contributed by atoms with Gasteiger partial charge in [0, 0.05) is 5.41 Å². The lowest BCUT2D eigenvalue weighted by molar-refractivity contribution is 0.586. The minimum Gasteiger partial charge on any atom is -0.228 e. The molecule has 12 heavy (non-hydrogen) atoms. The maximum absolute atomic E-state index is 11.1. The third-order valence-corrected chi connectivity index (χ3v) is 5.87. The summed E-state index contributed by atoms with van der Waals surface area (Å²) in [7, 11) is -7.17. The van der Waals surface area contributed by atoms with Crippen LogP contribution in [0.3, 0.4) is 0 Å². The second-order valence-electron chi connectivity index (χ2n) is 2.66. The molecular formula is C6H12O4S2. The van der Waals surface area contributed by atoms with Gasteiger partial charge in [-0.15, -0.1) is 0 Å². The zero-order valence-corrected chi connectivity index (χ0v) is 8.65. The van der Waals surface area contributed by atoms with E-state index in [0.29, 0.717) is 5.41 Å². The van der Waals surface area contributed by atoms with Crippen molar-refractivity contribution in [1.82, 2.24) is 0 Å². The van der Waals surface area contributed by atoms with Gasteiger partial charge in [0.25, 0.3) is 0 Å². The van der Waals surface area contributed by atoms with E-state index in [1.54, 1.807) is 0 Å². The van der Waals surface area contributed by atoms with Crippen molar-refractivity contribution in [3.63, 3.8) is 0 Å². The van der Waals surface area contributed by atoms with E-state index in [9.17, 15) is 16.8 Å². The average molecular weight is 212 g/mol. The van der Waals surface area contributed by atoms with Gasteiger partial charge < -0.3 is 0 Å². The molecule has 0 heterocycles. The molecule has 0 atom stereocenters. The minimum atomic E-state index is -3.65. The van der Waals surface area contributed by atoms with E-state index in [1.807, 2.05) is 0 Å². The molecule has 0 fully saturated rings. The second-order valence-corrected chi connectivity index (χ2v) is 7.53. The monoisotopic (exact) mass is 212 g/mol. The quantitative estimate of drug-likeness (QED) is 0.673. The predicted octanol–water partition coefficient (Wildman–Crippen LogP) is 0.325. The van der Waals surface area contributed by atoms with Gasteiger partial charge in [-0.1, -0.05) is 6.58 Å². The van der Waals surface area contributed by atoms with Crippen LogP contribution in [0, 0.1) is 0 Å². The van der Waals surface area contributed by atoms with Gasteiger partial charge in [-0.2, -0.15) is 0 Å². The van der Waals surface area contributed by atoms with Crippen LogP contribution in [0.1, 0.15) is 13.8 Å². The Balaban J connectivity index is 4.83. The zero-order chi connectivity index (χ0) is 9.99. The first kappa shape index (κ1) is 11.6. The van der Waals surface area contributed by atoms with Crippen molar-refractivity contribution < 1.29 is 16.8 Å². The summed E-state index contributed by atoms with van der Waals surface area (Å²) in [5, 5.41) is -0.860. The van der Waals surface area contributed by atoms with Crippen LogP contribution < -0.4 is 0 Å². The van der Waals surface area contributed by atoms with Crippen LogP contribution in [0.15, 0.2) is 12.0 Å². The summed E-state index contributed by atoms with van der Waals surface area (Å²) in [6.07, 6.45) is 0. The Labute approximate surface area is 73.1 Å². The van der Waals surface area contributed by atoms with Crippen LogP contribution in [-0.4, -0.2) is 27.2 Å². The van der Waals surface area contributed by atoms with Crippen molar-refractivity contribution in [2.45, 2.75) is 19.1 Å². The van der Waals surface area contributed by atoms with Crippen molar-refractivity contribution in [2.24, 2.45) is 0 Å². The highest BCUT2D eigenvalue weighted by atomic mass is 32.3. The lowest BCUT2D eigenvalue weighted by Gasteiger charge is -2.05. The van der Waals surface area contributed by atoms with Crippen LogP contribution in [0.25, 0.3) is 0 Å². The maximum atomic E-state index is 11.1. The number of hydrogen-bond donors (Lipinski definition) is 0. The molecule has 0 aromatic rings. The minimum absolute atomic E-state index is 0.660. The third kappa shape index (κ3) is 3.36. The van der Waals surface area contributed by atoms with Gasteiger partial charge in [0.05, 0.1) is 5.25 Å². The van der Waals surface area contributed by atoms with Crippen LogP contribution in [0.5, 0.6) is 0 Å². The molecule has 6 heteroatoms. The molecule has 0 saturated carbocycles. The van der Waals surface area contributed by atoms with Crippen LogP contribution >= 0.6 is 0 Å². The fourth-order valence-corrected chi connectivity index (χ4v) is 3.72. The first-order valence-corrected chi connectivity index (χ1v) is 6.71. The Bertz CT molecular complexity index is 347. The summed E-state index contributed by atoms with van der Waals surface area (Å²) in [6, 6.07) is 0. The molecular weight excluding hydrogens is 200 g/mol. The number of sulfone groups is 2. The molecule has 0 aliphatic rings. The van der Waals surface area contributed by atoms with Crippen LogP contribution in [-0.2, 0) is 19.7 Å². The number of hydrogen-bond acceptors (Lipinski definition) is 4. The Hall–Kier alpha value is -0.360. The highest BCUT2D eigenvalue weighted by Gasteiger charge is 2.22. The van der Waals surface area contributed by atoms with Gasteiger partial charge in [0.15, 0.2) is 24.8 Å². The molecule has 0 rings (SSSR count). The first-order valence-electron chi connectivity index (χ1n) is 3.28. The predicted molar refractivity (Wildman–Crippen MR) is 48.0 cm³/mol. The molecule has 0 aromatic heterocycles. The topological polar surface area (TPSA) is 68.3 Å². The number of rotatable bonds is 4. The first-order chi connectivity index (χ1) is 5.21. The molecule has 0 N–H and O–H groups in total. The van der Waals surface area contributed by atoms with Gasteiger partial charge >= 0.3 is 0 Å². The fourth-order valence-electron chi connectivity index (χ4n) is 0.413. The lowest BCUT2D eigenvalue weighted by Crippen LogP contribution is -2.22. The lowest BCUT2D eigenvalue weighted by atomic mass is 10.6. The summed E-state index contributed by atoms with van der Waals surface area (Å²) in [5.74, 6) is 0. The summed E-state index contributed by atoms with van der Waals surface area (Å²) in [6.45, 7) is 5.90. The standard InChI is InChI=1S/C6H12O4S2/c1-4-11(7,8)5-12(9,10)6(2)3/h4,6H,1,5H2,2-3H3. The molecule has 0 spiro atoms. The molecule has 0 aliphatic heterocycles. The molecule has 0 radical (unpaired) electrons. The molecule has 0 saturated heterocycles. The summed E-state index contributed by atoms with van der Waals surface area (Å²) in [5.41, 5.74) is 0. The fraction of sp³-hybridized carbons (Fsp3) is 0.667. The molecule has 0 unspecified atom stereocenters. The summed E-state index contributed by atoms with van der Waals surface area (Å²) < 4.78 is 43.8. The molecule has 0 aliphatic carbocycles. The summed E-state index contributed by atoms with van der Waals surface area (Å²) in [4.78, 5) is 0. The largest absolute Gasteiger partial charge is 0.228 e. The van der Waals surface area contributed by atoms with Crippen molar-refractivity contribution in [3.05, 3.63) is 12.0 Å². The van der Waals surface area contributed by atoms with E-state index in [1.165, 1.54) is 13.8 Å². The van der Waals surface area contributed by atoms with Gasteiger partial charge in [-0.3, -0.25) is 0 Å². The van der Waals surface area contributed by atoms with E-state index in [4.69, 9.17) is 0 Å². The van der Waals surface area contributed by atoms with Gasteiger partial charge in [-0.05, 0) is 13.8 Å². The highest BCUT2D eigenvalue weighted by Crippen LogP contribution is 2.05. The Kier molecular flexibility index (Phi) is 3.46. The maximum Gasteiger partial charge on any atom is 0.185 e. The normalized spacial score (nSPS) is 13.2. The van der Waals surface area contributed by atoms with E-state index in [-0.39, 0.29) is 0 Å². The van der Waals surface area contributed by atoms with E-state index in [2.05, 4.69) is 6.58 Å². The molecule has 4 nitrogen and oxygen atoms in total. The van der Waals surface area contributed by atoms with Crippen molar-refractivity contribution in [2.75, 3.05) is 5.08 Å². The average Bonchev–Trinajstić information content (AvgIpc) is 1.85. The summed E-state index contributed by atoms with van der Waals surface area (Å²) >= 11 is 0. The molecule has 72 valence electrons. The highest BCUT2D eigenvalue weighted by molar-refractivity contribution is 8.09. The smallest absolute Gasteiger partial charge is 0.185 e. The van der Waals surface area contributed by atoms with E-state index in [0.717, 1.165) is 0 Å². The van der Waals surface area contributed by atoms with Gasteiger partial charge in [0.2, 0.25) is 0 Å². The van der Waals surface area contributed by atoms with Crippen molar-refractivity contribution in [1.29, 1.82) is 0 Å². The Morgan fingerprint density at radius 3 is 1.92 bits per heavy atom. The Morgan fingerprint density at radius 1 is 1.25 bits per heavy atom.